The van der Waals surface area contributed by atoms with E-state index in [1.165, 1.54) is 22.5 Å². The maximum absolute atomic E-state index is 12.9. The van der Waals surface area contributed by atoms with Crippen LogP contribution in [0.4, 0.5) is 5.69 Å². The molecular formula is C19H21Cl2N3O4S. The Balaban J connectivity index is 1.66. The van der Waals surface area contributed by atoms with E-state index in [1.807, 2.05) is 6.92 Å². The van der Waals surface area contributed by atoms with Crippen molar-refractivity contribution < 1.29 is 17.9 Å². The first-order valence-corrected chi connectivity index (χ1v) is 11.4. The smallest absolute Gasteiger partial charge is 0.244 e. The number of anilines is 1. The minimum absolute atomic E-state index is 0.0220. The minimum atomic E-state index is -3.78. The molecule has 0 bridgehead atoms. The number of ether oxygens (including phenoxy) is 1. The standard InChI is InChI=1S/C19H21Cl2N3O4S/c1-2-28-19-16(4-3-9-22-19)23-18(25)13-7-10-24(11-8-13)29(26,27)17-12-14(20)5-6-15(17)21/h3-6,9,12-13H,2,7-8,10-11H2,1H3,(H,23,25). The van der Waals surface area contributed by atoms with E-state index in [4.69, 9.17) is 27.9 Å². The Morgan fingerprint density at radius 3 is 2.69 bits per heavy atom. The lowest BCUT2D eigenvalue weighted by molar-refractivity contribution is -0.120. The van der Waals surface area contributed by atoms with Crippen LogP contribution in [0, 0.1) is 5.92 Å². The number of hydrogen-bond donors (Lipinski definition) is 1. The zero-order valence-corrected chi connectivity index (χ0v) is 18.1. The number of sulfonamides is 1. The molecule has 2 heterocycles. The van der Waals surface area contributed by atoms with E-state index in [2.05, 4.69) is 10.3 Å². The molecule has 1 amide bonds. The van der Waals surface area contributed by atoms with Crippen molar-refractivity contribution in [1.29, 1.82) is 0 Å². The highest BCUT2D eigenvalue weighted by Gasteiger charge is 2.33. The Morgan fingerprint density at radius 1 is 1.28 bits per heavy atom. The summed E-state index contributed by atoms with van der Waals surface area (Å²) in [5, 5.41) is 3.25. The largest absolute Gasteiger partial charge is 0.476 e. The van der Waals surface area contributed by atoms with Crippen LogP contribution in [0.25, 0.3) is 0 Å². The lowest BCUT2D eigenvalue weighted by Gasteiger charge is -2.30. The van der Waals surface area contributed by atoms with Crippen LogP contribution in [0.1, 0.15) is 19.8 Å². The molecule has 1 aliphatic rings. The number of aromatic nitrogens is 1. The summed E-state index contributed by atoms with van der Waals surface area (Å²) < 4.78 is 32.6. The van der Waals surface area contributed by atoms with Gasteiger partial charge in [-0.1, -0.05) is 23.2 Å². The molecule has 10 heteroatoms. The van der Waals surface area contributed by atoms with E-state index in [9.17, 15) is 13.2 Å². The fraction of sp³-hybridized carbons (Fsp3) is 0.368. The molecule has 0 aliphatic carbocycles. The van der Waals surface area contributed by atoms with Gasteiger partial charge in [-0.05, 0) is 50.1 Å². The van der Waals surface area contributed by atoms with Crippen LogP contribution in [0.15, 0.2) is 41.4 Å². The van der Waals surface area contributed by atoms with Gasteiger partial charge in [-0.2, -0.15) is 4.31 Å². The second-order valence-electron chi connectivity index (χ2n) is 6.53. The van der Waals surface area contributed by atoms with Crippen LogP contribution < -0.4 is 10.1 Å². The van der Waals surface area contributed by atoms with Crippen LogP contribution in [0.5, 0.6) is 5.88 Å². The van der Waals surface area contributed by atoms with Crippen LogP contribution in [0.2, 0.25) is 10.0 Å². The molecule has 0 atom stereocenters. The first-order valence-electron chi connectivity index (χ1n) is 9.16. The van der Waals surface area contributed by atoms with Gasteiger partial charge in [-0.25, -0.2) is 13.4 Å². The fourth-order valence-electron chi connectivity index (χ4n) is 3.14. The molecule has 1 N–H and O–H groups in total. The molecule has 3 rings (SSSR count). The van der Waals surface area contributed by atoms with Crippen LogP contribution in [-0.2, 0) is 14.8 Å². The lowest BCUT2D eigenvalue weighted by atomic mass is 9.97. The number of carbonyl (C=O) groups excluding carboxylic acids is 1. The van der Waals surface area contributed by atoms with E-state index in [-0.39, 0.29) is 34.8 Å². The zero-order valence-electron chi connectivity index (χ0n) is 15.8. The number of pyridine rings is 1. The predicted octanol–water partition coefficient (Wildman–Crippen LogP) is 3.83. The van der Waals surface area contributed by atoms with Crippen molar-refractivity contribution >= 4 is 44.8 Å². The number of piperidine rings is 1. The van der Waals surface area contributed by atoms with E-state index >= 15 is 0 Å². The van der Waals surface area contributed by atoms with Crippen LogP contribution in [-0.4, -0.2) is 43.3 Å². The molecule has 1 fully saturated rings. The van der Waals surface area contributed by atoms with Crippen molar-refractivity contribution in [2.75, 3.05) is 25.0 Å². The highest BCUT2D eigenvalue weighted by Crippen LogP contribution is 2.31. The normalized spacial score (nSPS) is 15.8. The van der Waals surface area contributed by atoms with Gasteiger partial charge in [-0.3, -0.25) is 4.79 Å². The van der Waals surface area contributed by atoms with Crippen molar-refractivity contribution in [1.82, 2.24) is 9.29 Å². The van der Waals surface area contributed by atoms with Gasteiger partial charge >= 0.3 is 0 Å². The maximum atomic E-state index is 12.9. The average Bonchev–Trinajstić information content (AvgIpc) is 2.71. The van der Waals surface area contributed by atoms with Crippen molar-refractivity contribution in [2.45, 2.75) is 24.7 Å². The molecule has 1 aromatic carbocycles. The molecule has 1 aliphatic heterocycles. The number of amides is 1. The maximum Gasteiger partial charge on any atom is 0.244 e. The molecule has 0 radical (unpaired) electrons. The minimum Gasteiger partial charge on any atom is -0.476 e. The molecule has 1 saturated heterocycles. The van der Waals surface area contributed by atoms with Crippen molar-refractivity contribution in [2.24, 2.45) is 5.92 Å². The molecule has 29 heavy (non-hydrogen) atoms. The van der Waals surface area contributed by atoms with E-state index < -0.39 is 10.0 Å². The third-order valence-electron chi connectivity index (χ3n) is 4.65. The van der Waals surface area contributed by atoms with Gasteiger partial charge in [0.1, 0.15) is 10.6 Å². The number of carbonyl (C=O) groups is 1. The first-order chi connectivity index (χ1) is 13.8. The topological polar surface area (TPSA) is 88.6 Å². The van der Waals surface area contributed by atoms with Crippen molar-refractivity contribution in [3.8, 4) is 5.88 Å². The number of benzene rings is 1. The summed E-state index contributed by atoms with van der Waals surface area (Å²) in [5.74, 6) is -0.137. The Hall–Kier alpha value is -1.87. The Bertz CT molecular complexity index is 993. The highest BCUT2D eigenvalue weighted by atomic mass is 35.5. The summed E-state index contributed by atoms with van der Waals surface area (Å²) in [5.41, 5.74) is 0.500. The summed E-state index contributed by atoms with van der Waals surface area (Å²) in [6.45, 7) is 2.70. The average molecular weight is 458 g/mol. The molecule has 2 aromatic rings. The third-order valence-corrected chi connectivity index (χ3v) is 7.26. The number of nitrogens with one attached hydrogen (secondary N) is 1. The quantitative estimate of drug-likeness (QED) is 0.711. The monoisotopic (exact) mass is 457 g/mol. The van der Waals surface area contributed by atoms with Crippen molar-refractivity contribution in [3.05, 3.63) is 46.6 Å². The van der Waals surface area contributed by atoms with Gasteiger partial charge in [-0.15, -0.1) is 0 Å². The summed E-state index contributed by atoms with van der Waals surface area (Å²) in [7, 11) is -3.78. The second kappa shape index (κ2) is 9.30. The molecule has 0 spiro atoms. The summed E-state index contributed by atoms with van der Waals surface area (Å²) in [6.07, 6.45) is 2.38. The molecule has 0 saturated carbocycles. The SMILES string of the molecule is CCOc1ncccc1NC(=O)C1CCN(S(=O)(=O)c2cc(Cl)ccc2Cl)CC1. The van der Waals surface area contributed by atoms with Crippen molar-refractivity contribution in [3.63, 3.8) is 0 Å². The Kier molecular flexibility index (Phi) is 7.00. The first kappa shape index (κ1) is 21.8. The summed E-state index contributed by atoms with van der Waals surface area (Å²) >= 11 is 12.0. The van der Waals surface area contributed by atoms with E-state index in [0.717, 1.165) is 0 Å². The van der Waals surface area contributed by atoms with Gasteiger partial charge in [0.25, 0.3) is 0 Å². The zero-order chi connectivity index (χ0) is 21.0. The number of rotatable bonds is 6. The molecule has 156 valence electrons. The Morgan fingerprint density at radius 2 is 2.00 bits per heavy atom. The van der Waals surface area contributed by atoms with Gasteiger partial charge in [0.15, 0.2) is 0 Å². The van der Waals surface area contributed by atoms with Gasteiger partial charge in [0.2, 0.25) is 21.8 Å². The molecule has 1 aromatic heterocycles. The lowest BCUT2D eigenvalue weighted by Crippen LogP contribution is -2.41. The van der Waals surface area contributed by atoms with E-state index in [1.54, 1.807) is 18.3 Å². The van der Waals surface area contributed by atoms with Gasteiger partial charge in [0.05, 0.1) is 11.6 Å². The second-order valence-corrected chi connectivity index (χ2v) is 9.28. The van der Waals surface area contributed by atoms with E-state index in [0.29, 0.717) is 36.0 Å². The fourth-order valence-corrected chi connectivity index (χ4v) is 5.35. The molecule has 0 unspecified atom stereocenters. The number of halogens is 2. The summed E-state index contributed by atoms with van der Waals surface area (Å²) in [6, 6.07) is 7.77. The third kappa shape index (κ3) is 5.01. The van der Waals surface area contributed by atoms with Gasteiger partial charge < -0.3 is 10.1 Å². The van der Waals surface area contributed by atoms with Gasteiger partial charge in [0, 0.05) is 30.2 Å². The number of nitrogens with zero attached hydrogens (tertiary/aromatic N) is 2. The predicted molar refractivity (Wildman–Crippen MR) is 112 cm³/mol. The van der Waals surface area contributed by atoms with Crippen LogP contribution >= 0.6 is 23.2 Å². The molecule has 7 nitrogen and oxygen atoms in total. The highest BCUT2D eigenvalue weighted by molar-refractivity contribution is 7.89. The summed E-state index contributed by atoms with van der Waals surface area (Å²) in [4.78, 5) is 16.7. The van der Waals surface area contributed by atoms with Crippen LogP contribution in [0.3, 0.4) is 0 Å². The Labute approximate surface area is 180 Å². The number of hydrogen-bond acceptors (Lipinski definition) is 5. The molecular weight excluding hydrogens is 437 g/mol.